The van der Waals surface area contributed by atoms with Crippen molar-refractivity contribution in [1.82, 2.24) is 0 Å². The van der Waals surface area contributed by atoms with Crippen molar-refractivity contribution in [2.24, 2.45) is 22.7 Å². The molecule has 0 fully saturated rings. The minimum absolute atomic E-state index is 0.0354. The van der Waals surface area contributed by atoms with Crippen LogP contribution in [0.4, 0.5) is 0 Å². The van der Waals surface area contributed by atoms with Crippen molar-refractivity contribution in [1.29, 1.82) is 0 Å². The topological polar surface area (TPSA) is 21.6 Å². The molecule has 1 unspecified atom stereocenters. The Balaban J connectivity index is 2.02. The molecule has 2 rings (SSSR count). The summed E-state index contributed by atoms with van der Waals surface area (Å²) in [5, 5.41) is 0. The van der Waals surface area contributed by atoms with Gasteiger partial charge in [0.25, 0.3) is 0 Å². The zero-order valence-corrected chi connectivity index (χ0v) is 17.4. The summed E-state index contributed by atoms with van der Waals surface area (Å²) in [5.41, 5.74) is -0.0354. The Labute approximate surface area is 134 Å². The Kier molecular flexibility index (Phi) is 5.27. The van der Waals surface area contributed by atoms with Crippen molar-refractivity contribution >= 4 is 24.3 Å². The third-order valence-corrected chi connectivity index (χ3v) is 7.94. The number of aliphatic imine (C=N–C) groups is 1. The maximum atomic E-state index is 5.89. The second kappa shape index (κ2) is 6.47. The van der Waals surface area contributed by atoms with Crippen LogP contribution in [0.1, 0.15) is 33.6 Å². The van der Waals surface area contributed by atoms with Crippen molar-refractivity contribution in [3.8, 4) is 0 Å². The van der Waals surface area contributed by atoms with Gasteiger partial charge in [0.15, 0.2) is 0 Å². The summed E-state index contributed by atoms with van der Waals surface area (Å²) in [7, 11) is 0. The van der Waals surface area contributed by atoms with E-state index in [4.69, 9.17) is 9.73 Å². The van der Waals surface area contributed by atoms with Gasteiger partial charge >= 0.3 is 135 Å². The van der Waals surface area contributed by atoms with Crippen molar-refractivity contribution < 1.29 is 4.74 Å². The van der Waals surface area contributed by atoms with E-state index >= 15 is 0 Å². The Morgan fingerprint density at radius 3 is 2.67 bits per heavy atom. The third-order valence-electron chi connectivity index (χ3n) is 4.41. The summed E-state index contributed by atoms with van der Waals surface area (Å²) in [5.74, 6) is 2.71. The maximum absolute atomic E-state index is 5.89. The summed E-state index contributed by atoms with van der Waals surface area (Å²) in [6.45, 7) is 7.41. The van der Waals surface area contributed by atoms with Crippen LogP contribution in [-0.2, 0) is 4.74 Å². The number of allylic oxidation sites excluding steroid dienone is 3. The normalized spacial score (nSPS) is 32.3. The van der Waals surface area contributed by atoms with Crippen LogP contribution in [0.25, 0.3) is 0 Å². The van der Waals surface area contributed by atoms with Crippen LogP contribution in [0, 0.1) is 17.8 Å². The van der Waals surface area contributed by atoms with E-state index in [0.717, 1.165) is 18.9 Å². The van der Waals surface area contributed by atoms with Gasteiger partial charge in [-0.05, 0) is 0 Å². The zero-order valence-electron chi connectivity index (χ0n) is 14.5. The van der Waals surface area contributed by atoms with Crippen LogP contribution in [0.15, 0.2) is 27.3 Å². The summed E-state index contributed by atoms with van der Waals surface area (Å²) in [6.07, 6.45) is 9.42. The van der Waals surface area contributed by atoms with Crippen LogP contribution in [0.3, 0.4) is 0 Å². The van der Waals surface area contributed by atoms with Gasteiger partial charge in [-0.15, -0.1) is 0 Å². The first kappa shape index (κ1) is 17.1. The minimum atomic E-state index is -1.77. The summed E-state index contributed by atoms with van der Waals surface area (Å²) in [6, 6.07) is 0. The molecular weight excluding hydrogens is 365 g/mol. The summed E-state index contributed by atoms with van der Waals surface area (Å²) in [4.78, 5) is 12.2. The van der Waals surface area contributed by atoms with E-state index < -0.39 is 18.4 Å². The molecule has 1 aliphatic heterocycles. The zero-order chi connectivity index (χ0) is 15.7. The van der Waals surface area contributed by atoms with Gasteiger partial charge in [-0.2, -0.15) is 0 Å². The van der Waals surface area contributed by atoms with E-state index in [-0.39, 0.29) is 5.54 Å². The first-order valence-electron chi connectivity index (χ1n) is 8.25. The first-order valence-corrected chi connectivity index (χ1v) is 18.5. The monoisotopic (exact) mass is 397 g/mol. The first-order chi connectivity index (χ1) is 9.68. The quantitative estimate of drug-likeness (QED) is 0.492. The molecule has 2 nitrogen and oxygen atoms in total. The number of nitrogens with zero attached hydrogens (tertiary/aromatic N) is 1. The van der Waals surface area contributed by atoms with E-state index in [1.807, 2.05) is 0 Å². The van der Waals surface area contributed by atoms with E-state index in [9.17, 15) is 0 Å². The molecule has 3 atom stereocenters. The molecule has 0 aromatic rings. The second-order valence-electron chi connectivity index (χ2n) is 8.35. The van der Waals surface area contributed by atoms with Gasteiger partial charge in [-0.3, -0.25) is 0 Å². The molecule has 1 aliphatic carbocycles. The Morgan fingerprint density at radius 1 is 1.38 bits per heavy atom. The van der Waals surface area contributed by atoms with Crippen LogP contribution in [0.5, 0.6) is 0 Å². The number of rotatable bonds is 4. The van der Waals surface area contributed by atoms with Crippen molar-refractivity contribution in [2.45, 2.75) is 54.0 Å². The molecule has 0 saturated carbocycles. The predicted molar refractivity (Wildman–Crippen MR) is 94.5 cm³/mol. The Hall–Kier alpha value is -0.251. The predicted octanol–water partition coefficient (Wildman–Crippen LogP) is 4.85. The fraction of sp³-hybridized carbons (Fsp3) is 0.722. The van der Waals surface area contributed by atoms with E-state index in [2.05, 4.69) is 57.9 Å². The molecule has 0 spiro atoms. The fourth-order valence-electron chi connectivity index (χ4n) is 3.09. The van der Waals surface area contributed by atoms with Crippen molar-refractivity contribution in [2.75, 3.05) is 6.61 Å². The van der Waals surface area contributed by atoms with Crippen LogP contribution in [0.2, 0.25) is 14.8 Å². The number of hydrogen-bond acceptors (Lipinski definition) is 2. The Morgan fingerprint density at radius 2 is 2.10 bits per heavy atom. The van der Waals surface area contributed by atoms with E-state index in [1.165, 1.54) is 6.42 Å². The van der Waals surface area contributed by atoms with Gasteiger partial charge in [0.2, 0.25) is 0 Å². The third kappa shape index (κ3) is 4.87. The van der Waals surface area contributed by atoms with Gasteiger partial charge in [-0.25, -0.2) is 0 Å². The summed E-state index contributed by atoms with van der Waals surface area (Å²) < 4.78 is 8.43. The average molecular weight is 396 g/mol. The van der Waals surface area contributed by atoms with Gasteiger partial charge in [0.1, 0.15) is 0 Å². The SMILES string of the molecule is C[C@H]1C(C2=NC(C)(C)CO2)CC=C[C@@H]1C/C=[CH]/[Sn]([CH3])([CH3])[CH3]. The number of hydrogen-bond donors (Lipinski definition) is 0. The molecule has 2 aliphatic rings. The van der Waals surface area contributed by atoms with E-state index in [0.29, 0.717) is 17.8 Å². The Bertz CT molecular complexity index is 456. The number of ether oxygens (including phenoxy) is 1. The molecule has 0 aromatic heterocycles. The molecule has 1 heterocycles. The van der Waals surface area contributed by atoms with Gasteiger partial charge < -0.3 is 0 Å². The average Bonchev–Trinajstić information content (AvgIpc) is 2.70. The molecular formula is C18H31NOSn. The van der Waals surface area contributed by atoms with E-state index in [1.54, 1.807) is 0 Å². The molecule has 0 amide bonds. The van der Waals surface area contributed by atoms with Crippen LogP contribution >= 0.6 is 0 Å². The fourth-order valence-corrected chi connectivity index (χ4v) is 5.50. The molecule has 0 saturated heterocycles. The molecule has 0 bridgehead atoms. The summed E-state index contributed by atoms with van der Waals surface area (Å²) >= 11 is -1.77. The van der Waals surface area contributed by atoms with Crippen molar-refractivity contribution in [3.05, 3.63) is 22.3 Å². The van der Waals surface area contributed by atoms with Crippen LogP contribution in [-0.4, -0.2) is 36.4 Å². The molecule has 0 aromatic carbocycles. The van der Waals surface area contributed by atoms with Gasteiger partial charge in [0, 0.05) is 0 Å². The molecule has 21 heavy (non-hydrogen) atoms. The van der Waals surface area contributed by atoms with Crippen LogP contribution < -0.4 is 0 Å². The second-order valence-corrected chi connectivity index (χ2v) is 22.8. The van der Waals surface area contributed by atoms with Gasteiger partial charge in [0.05, 0.1) is 0 Å². The molecule has 0 N–H and O–H groups in total. The standard InChI is InChI=1S/C15H22NO.3CH3.Sn/c1-5-7-12-8-6-9-13(11(12)2)14-16-15(3,4)10-17-14;;;;/h1,5-6,8,11-13H,7,9-10H2,2-4H3;3*1H3;/t11-,12+,13?;;;;/m1..../s1. The molecule has 3 heteroatoms. The molecule has 118 valence electrons. The van der Waals surface area contributed by atoms with Crippen molar-refractivity contribution in [3.63, 3.8) is 0 Å². The molecule has 0 radical (unpaired) electrons. The van der Waals surface area contributed by atoms with Gasteiger partial charge in [-0.1, -0.05) is 0 Å².